The van der Waals surface area contributed by atoms with E-state index in [0.717, 1.165) is 135 Å². The largest absolute Gasteiger partial charge is 0.445 e. The second-order valence-corrected chi connectivity index (χ2v) is 17.6. The van der Waals surface area contributed by atoms with Gasteiger partial charge in [0.1, 0.15) is 31.0 Å². The number of benzene rings is 1. The summed E-state index contributed by atoms with van der Waals surface area (Å²) in [4.78, 5) is 35.3. The Morgan fingerprint density at radius 2 is 1.32 bits per heavy atom. The number of hydrogen-bond donors (Lipinski definition) is 6. The summed E-state index contributed by atoms with van der Waals surface area (Å²) in [6.45, 7) is 10.7. The second-order valence-electron chi connectivity index (χ2n) is 17.6. The van der Waals surface area contributed by atoms with E-state index in [2.05, 4.69) is 24.9 Å². The molecule has 0 saturated carbocycles. The molecule has 2 unspecified atom stereocenters. The van der Waals surface area contributed by atoms with Gasteiger partial charge in [0, 0.05) is 65.2 Å². The molecule has 1 aromatic carbocycles. The van der Waals surface area contributed by atoms with Crippen LogP contribution in [0.25, 0.3) is 0 Å². The number of amides is 2. The summed E-state index contributed by atoms with van der Waals surface area (Å²) in [5.41, 5.74) is 0.992. The van der Waals surface area contributed by atoms with Gasteiger partial charge in [0.05, 0.1) is 13.3 Å². The molecule has 2 amide bonds. The van der Waals surface area contributed by atoms with Gasteiger partial charge >= 0.3 is 6.09 Å². The molecule has 0 aliphatic carbocycles. The fourth-order valence-electron chi connectivity index (χ4n) is 8.80. The van der Waals surface area contributed by atoms with Crippen LogP contribution in [0.5, 0.6) is 0 Å². The van der Waals surface area contributed by atoms with Crippen LogP contribution >= 0.6 is 0 Å². The number of carbonyl (C=O) groups is 2. The summed E-state index contributed by atoms with van der Waals surface area (Å²) in [6.07, 6.45) is 13.7. The predicted molar refractivity (Wildman–Crippen MR) is 233 cm³/mol. The van der Waals surface area contributed by atoms with Crippen molar-refractivity contribution in [2.45, 2.75) is 165 Å². The van der Waals surface area contributed by atoms with Crippen molar-refractivity contribution in [3.05, 3.63) is 35.9 Å². The van der Waals surface area contributed by atoms with Crippen LogP contribution in [0.2, 0.25) is 0 Å². The lowest BCUT2D eigenvalue weighted by atomic mass is 9.89. The zero-order valence-corrected chi connectivity index (χ0v) is 36.7. The SMILES string of the molecule is O=C(NCCCCCCCCCCN1CCCCN(C(=O)CCCCCCCCC[C@]2(O)O[C@H](CO)[C@@H](O)[C@H](O)[C@H]2O)CCN2CCCN(CC1)C2)OCc1ccccc1. The third kappa shape index (κ3) is 18.9. The number of rotatable bonds is 24. The van der Waals surface area contributed by atoms with Crippen molar-refractivity contribution in [2.75, 3.05) is 78.7 Å². The standard InChI is InChI=1S/C46H81N5O9/c52-36-40-42(54)43(55)44(56)46(58,60-40)25-16-9-5-3-4-8-15-24-41(53)51-31-20-19-28-48(32-33-49-29-21-30-50(38-49)34-35-51)27-18-11-7-2-1-6-10-17-26-47-45(57)59-37-39-22-13-12-14-23-39/h12-14,22-23,40,42-44,52,54-56,58H,1-11,15-21,24-38H2,(H,47,57)/t40-,42-,43+,44-,46+/m1/s1. The molecule has 3 aliphatic rings. The Morgan fingerprint density at radius 1 is 0.700 bits per heavy atom. The van der Waals surface area contributed by atoms with Gasteiger partial charge in [-0.3, -0.25) is 14.6 Å². The topological polar surface area (TPSA) is 179 Å². The highest BCUT2D eigenvalue weighted by molar-refractivity contribution is 5.76. The molecule has 0 radical (unpaired) electrons. The molecule has 3 saturated heterocycles. The van der Waals surface area contributed by atoms with Crippen LogP contribution in [0.3, 0.4) is 0 Å². The monoisotopic (exact) mass is 848 g/mol. The molecule has 3 fully saturated rings. The number of alkyl carbamates (subject to hydrolysis) is 1. The molecule has 7 atom stereocenters. The van der Waals surface area contributed by atoms with Crippen molar-refractivity contribution in [3.63, 3.8) is 0 Å². The van der Waals surface area contributed by atoms with Gasteiger partial charge in [-0.25, -0.2) is 4.79 Å². The lowest BCUT2D eigenvalue weighted by Crippen LogP contribution is -2.65. The molecule has 2 bridgehead atoms. The first-order chi connectivity index (χ1) is 29.2. The van der Waals surface area contributed by atoms with E-state index in [-0.39, 0.29) is 18.4 Å². The molecule has 1 aromatic rings. The van der Waals surface area contributed by atoms with Gasteiger partial charge in [-0.1, -0.05) is 101 Å². The molecule has 4 rings (SSSR count). The number of unbranched alkanes of at least 4 members (excludes halogenated alkanes) is 13. The average Bonchev–Trinajstić information content (AvgIpc) is 3.27. The quantitative estimate of drug-likeness (QED) is 0.0799. The molecular formula is C46H81N5O9. The van der Waals surface area contributed by atoms with Gasteiger partial charge in [-0.15, -0.1) is 0 Å². The van der Waals surface area contributed by atoms with Crippen LogP contribution in [-0.4, -0.2) is 166 Å². The van der Waals surface area contributed by atoms with E-state index in [9.17, 15) is 35.1 Å². The smallest absolute Gasteiger partial charge is 0.407 e. The summed E-state index contributed by atoms with van der Waals surface area (Å²) in [5.74, 6) is -1.72. The molecular weight excluding hydrogens is 767 g/mol. The first kappa shape index (κ1) is 50.2. The first-order valence-corrected chi connectivity index (χ1v) is 23.6. The Morgan fingerprint density at radius 3 is 2.02 bits per heavy atom. The van der Waals surface area contributed by atoms with Crippen molar-refractivity contribution in [1.82, 2.24) is 24.9 Å². The van der Waals surface area contributed by atoms with Gasteiger partial charge in [0.2, 0.25) is 5.91 Å². The van der Waals surface area contributed by atoms with E-state index in [1.807, 2.05) is 30.3 Å². The number of nitrogens with zero attached hydrogens (tertiary/aromatic N) is 4. The number of carbonyl (C=O) groups excluding carboxylic acids is 2. The van der Waals surface area contributed by atoms with Crippen LogP contribution in [0.4, 0.5) is 4.79 Å². The Hall–Kier alpha value is -2.40. The van der Waals surface area contributed by atoms with E-state index in [1.165, 1.54) is 44.9 Å². The number of aliphatic hydroxyl groups is 5. The molecule has 344 valence electrons. The number of fused-ring (bicyclic) bond motifs is 2. The summed E-state index contributed by atoms with van der Waals surface area (Å²) in [5, 5.41) is 53.2. The second kappa shape index (κ2) is 29.1. The lowest BCUT2D eigenvalue weighted by molar-refractivity contribution is -0.351. The van der Waals surface area contributed by atoms with Crippen molar-refractivity contribution in [2.24, 2.45) is 0 Å². The number of nitrogens with one attached hydrogen (secondary N) is 1. The van der Waals surface area contributed by atoms with Crippen LogP contribution in [0.1, 0.15) is 134 Å². The zero-order chi connectivity index (χ0) is 42.8. The highest BCUT2D eigenvalue weighted by atomic mass is 16.7. The predicted octanol–water partition coefficient (Wildman–Crippen LogP) is 4.60. The Balaban J connectivity index is 1.03. The summed E-state index contributed by atoms with van der Waals surface area (Å²) in [7, 11) is 0. The lowest BCUT2D eigenvalue weighted by Gasteiger charge is -2.45. The zero-order valence-electron chi connectivity index (χ0n) is 36.7. The molecule has 3 aliphatic heterocycles. The maximum Gasteiger partial charge on any atom is 0.407 e. The minimum Gasteiger partial charge on any atom is -0.445 e. The number of ether oxygens (including phenoxy) is 2. The van der Waals surface area contributed by atoms with Gasteiger partial charge in [0.25, 0.3) is 0 Å². The van der Waals surface area contributed by atoms with Crippen LogP contribution in [0.15, 0.2) is 30.3 Å². The Kier molecular flexibility index (Phi) is 24.3. The fraction of sp³-hybridized carbons (Fsp3) is 0.826. The van der Waals surface area contributed by atoms with Gasteiger partial charge in [-0.2, -0.15) is 0 Å². The maximum atomic E-state index is 13.5. The fourth-order valence-corrected chi connectivity index (χ4v) is 8.80. The van der Waals surface area contributed by atoms with Crippen molar-refractivity contribution >= 4 is 12.0 Å². The van der Waals surface area contributed by atoms with Crippen LogP contribution < -0.4 is 5.32 Å². The first-order valence-electron chi connectivity index (χ1n) is 23.6. The van der Waals surface area contributed by atoms with Crippen molar-refractivity contribution < 1.29 is 44.6 Å². The third-order valence-electron chi connectivity index (χ3n) is 12.6. The van der Waals surface area contributed by atoms with Gasteiger partial charge in [0.15, 0.2) is 5.79 Å². The third-order valence-corrected chi connectivity index (χ3v) is 12.6. The molecule has 0 aromatic heterocycles. The van der Waals surface area contributed by atoms with Crippen LogP contribution in [0, 0.1) is 0 Å². The number of hydrogen-bond acceptors (Lipinski definition) is 12. The average molecular weight is 848 g/mol. The summed E-state index contributed by atoms with van der Waals surface area (Å²) < 4.78 is 10.6. The Labute approximate surface area is 360 Å². The molecule has 14 nitrogen and oxygen atoms in total. The highest BCUT2D eigenvalue weighted by Gasteiger charge is 2.52. The van der Waals surface area contributed by atoms with E-state index >= 15 is 0 Å². The Bertz CT molecular complexity index is 1300. The van der Waals surface area contributed by atoms with E-state index in [4.69, 9.17) is 9.47 Å². The van der Waals surface area contributed by atoms with E-state index < -0.39 is 36.8 Å². The number of aliphatic hydroxyl groups excluding tert-OH is 4. The molecule has 3 heterocycles. The molecule has 0 spiro atoms. The molecule has 60 heavy (non-hydrogen) atoms. The molecule has 6 N–H and O–H groups in total. The maximum absolute atomic E-state index is 13.5. The normalized spacial score (nSPS) is 27.1. The van der Waals surface area contributed by atoms with Gasteiger partial charge < -0.3 is 50.1 Å². The summed E-state index contributed by atoms with van der Waals surface area (Å²) in [6, 6.07) is 9.73. The van der Waals surface area contributed by atoms with E-state index in [1.54, 1.807) is 0 Å². The van der Waals surface area contributed by atoms with Gasteiger partial charge in [-0.05, 0) is 63.6 Å². The van der Waals surface area contributed by atoms with Crippen molar-refractivity contribution in [3.8, 4) is 0 Å². The summed E-state index contributed by atoms with van der Waals surface area (Å²) >= 11 is 0. The minimum absolute atomic E-state index is 0.104. The highest BCUT2D eigenvalue weighted by Crippen LogP contribution is 2.32. The van der Waals surface area contributed by atoms with Crippen LogP contribution in [-0.2, 0) is 20.9 Å². The van der Waals surface area contributed by atoms with Crippen molar-refractivity contribution in [1.29, 1.82) is 0 Å². The molecule has 14 heteroatoms. The minimum atomic E-state index is -1.99. The van der Waals surface area contributed by atoms with E-state index in [0.29, 0.717) is 26.0 Å².